The van der Waals surface area contributed by atoms with Gasteiger partial charge in [-0.05, 0) is 18.6 Å². The van der Waals surface area contributed by atoms with Crippen molar-refractivity contribution in [1.82, 2.24) is 9.97 Å². The van der Waals surface area contributed by atoms with Crippen molar-refractivity contribution in [3.05, 3.63) is 42.3 Å². The first-order valence-corrected chi connectivity index (χ1v) is 7.22. The molecule has 0 aliphatic heterocycles. The van der Waals surface area contributed by atoms with Crippen LogP contribution in [0, 0.1) is 5.92 Å². The minimum atomic E-state index is -4.55. The summed E-state index contributed by atoms with van der Waals surface area (Å²) < 4.78 is 48.0. The lowest BCUT2D eigenvalue weighted by Crippen LogP contribution is -2.31. The van der Waals surface area contributed by atoms with Gasteiger partial charge in [-0.2, -0.15) is 18.2 Å². The maximum atomic E-state index is 12.6. The monoisotopic (exact) mass is 346 g/mol. The molecule has 1 aromatic rings. The van der Waals surface area contributed by atoms with E-state index in [0.717, 1.165) is 12.3 Å². The molecule has 3 atom stereocenters. The van der Waals surface area contributed by atoms with Crippen molar-refractivity contribution in [2.75, 3.05) is 13.7 Å². The zero-order valence-electron chi connectivity index (χ0n) is 13.7. The lowest BCUT2D eigenvalue weighted by molar-refractivity contribution is -0.141. The summed E-state index contributed by atoms with van der Waals surface area (Å²) >= 11 is 0. The number of aliphatic hydroxyl groups is 1. The first kappa shape index (κ1) is 20.1. The van der Waals surface area contributed by atoms with E-state index in [1.54, 1.807) is 19.9 Å². The summed E-state index contributed by atoms with van der Waals surface area (Å²) in [6.07, 6.45) is -1.64. The number of aromatic nitrogens is 2. The summed E-state index contributed by atoms with van der Waals surface area (Å²) in [5, 5.41) is 10.1. The molecule has 0 aliphatic carbocycles. The lowest BCUT2D eigenvalue weighted by Gasteiger charge is -2.22. The van der Waals surface area contributed by atoms with Crippen LogP contribution in [0.25, 0.3) is 0 Å². The largest absolute Gasteiger partial charge is 0.459 e. The summed E-state index contributed by atoms with van der Waals surface area (Å²) in [5.41, 5.74) is -0.353. The van der Waals surface area contributed by atoms with Crippen LogP contribution in [0.5, 0.6) is 6.01 Å². The summed E-state index contributed by atoms with van der Waals surface area (Å²) in [6, 6.07) is 0.417. The van der Waals surface area contributed by atoms with Crippen molar-refractivity contribution in [2.24, 2.45) is 5.92 Å². The summed E-state index contributed by atoms with van der Waals surface area (Å²) in [7, 11) is 1.47. The second kappa shape index (κ2) is 8.79. The molecule has 0 fully saturated rings. The van der Waals surface area contributed by atoms with Gasteiger partial charge in [-0.3, -0.25) is 0 Å². The molecule has 0 spiro atoms. The molecule has 1 rings (SSSR count). The number of nitrogens with zero attached hydrogens (tertiary/aromatic N) is 2. The van der Waals surface area contributed by atoms with Crippen LogP contribution in [0.2, 0.25) is 0 Å². The molecule has 3 unspecified atom stereocenters. The number of aliphatic hydroxyl groups excluding tert-OH is 1. The summed E-state index contributed by atoms with van der Waals surface area (Å²) in [5.74, 6) is -0.265. The van der Waals surface area contributed by atoms with E-state index in [1.807, 2.05) is 0 Å². The van der Waals surface area contributed by atoms with Gasteiger partial charge >= 0.3 is 12.2 Å². The third-order valence-corrected chi connectivity index (χ3v) is 3.28. The van der Waals surface area contributed by atoms with Gasteiger partial charge in [-0.25, -0.2) is 4.98 Å². The molecule has 1 heterocycles. The molecule has 5 nitrogen and oxygen atoms in total. The van der Waals surface area contributed by atoms with Crippen LogP contribution in [0.4, 0.5) is 13.2 Å². The Hall–Kier alpha value is -1.93. The van der Waals surface area contributed by atoms with Crippen molar-refractivity contribution in [2.45, 2.75) is 32.2 Å². The fourth-order valence-electron chi connectivity index (χ4n) is 2.02. The van der Waals surface area contributed by atoms with Gasteiger partial charge in [0.25, 0.3) is 0 Å². The number of ether oxygens (including phenoxy) is 2. The fourth-order valence-corrected chi connectivity index (χ4v) is 2.02. The van der Waals surface area contributed by atoms with E-state index >= 15 is 0 Å². The van der Waals surface area contributed by atoms with Gasteiger partial charge in [0, 0.05) is 19.2 Å². The molecule has 0 aliphatic rings. The minimum Gasteiger partial charge on any atom is -0.459 e. The highest BCUT2D eigenvalue weighted by molar-refractivity contribution is 5.10. The third-order valence-electron chi connectivity index (χ3n) is 3.28. The van der Waals surface area contributed by atoms with Gasteiger partial charge in [0.05, 0.1) is 6.10 Å². The number of hydrogen-bond acceptors (Lipinski definition) is 5. The molecule has 0 radical (unpaired) electrons. The van der Waals surface area contributed by atoms with E-state index < -0.39 is 24.1 Å². The van der Waals surface area contributed by atoms with Crippen LogP contribution in [-0.4, -0.2) is 41.0 Å². The molecule has 134 valence electrons. The maximum absolute atomic E-state index is 12.6. The molecule has 1 N–H and O–H groups in total. The fraction of sp³-hybridized carbons (Fsp3) is 0.500. The Morgan fingerprint density at radius 1 is 1.46 bits per heavy atom. The van der Waals surface area contributed by atoms with E-state index in [9.17, 15) is 18.3 Å². The SMILES string of the molecule is C=CC(OC)C(O)C(C)C=C(C)COc1nccc(C(F)(F)F)n1. The molecule has 0 bridgehead atoms. The molecule has 24 heavy (non-hydrogen) atoms. The minimum absolute atomic E-state index is 0.00408. The number of alkyl halides is 3. The lowest BCUT2D eigenvalue weighted by atomic mass is 9.97. The Bertz CT molecular complexity index is 576. The van der Waals surface area contributed by atoms with Crippen LogP contribution in [-0.2, 0) is 10.9 Å². The van der Waals surface area contributed by atoms with E-state index in [4.69, 9.17) is 9.47 Å². The van der Waals surface area contributed by atoms with Crippen LogP contribution in [0.3, 0.4) is 0 Å². The second-order valence-corrected chi connectivity index (χ2v) is 5.31. The van der Waals surface area contributed by atoms with Crippen molar-refractivity contribution in [3.63, 3.8) is 0 Å². The average Bonchev–Trinajstić information content (AvgIpc) is 2.53. The zero-order chi connectivity index (χ0) is 18.3. The molecule has 8 heteroatoms. The van der Waals surface area contributed by atoms with E-state index in [-0.39, 0.29) is 18.5 Å². The Balaban J connectivity index is 2.68. The highest BCUT2D eigenvalue weighted by Gasteiger charge is 2.33. The first-order valence-electron chi connectivity index (χ1n) is 7.22. The Morgan fingerprint density at radius 3 is 2.67 bits per heavy atom. The number of halogens is 3. The van der Waals surface area contributed by atoms with Gasteiger partial charge in [-0.1, -0.05) is 19.1 Å². The standard InChI is InChI=1S/C16H21F3N2O3/c1-5-12(23-4)14(22)11(3)8-10(2)9-24-15-20-7-6-13(21-15)16(17,18)19/h5-8,11-12,14,22H,1,9H2,2-4H3. The van der Waals surface area contributed by atoms with Crippen LogP contribution >= 0.6 is 0 Å². The van der Waals surface area contributed by atoms with E-state index in [1.165, 1.54) is 13.2 Å². The highest BCUT2D eigenvalue weighted by Crippen LogP contribution is 2.27. The second-order valence-electron chi connectivity index (χ2n) is 5.31. The predicted molar refractivity (Wildman–Crippen MR) is 82.5 cm³/mol. The molecular weight excluding hydrogens is 325 g/mol. The molecule has 1 aromatic heterocycles. The number of rotatable bonds is 8. The van der Waals surface area contributed by atoms with E-state index in [2.05, 4.69) is 16.5 Å². The smallest absolute Gasteiger partial charge is 0.433 e. The third kappa shape index (κ3) is 5.93. The predicted octanol–water partition coefficient (Wildman–Crippen LogP) is 3.02. The normalized spacial score (nSPS) is 16.4. The molecular formula is C16H21F3N2O3. The zero-order valence-corrected chi connectivity index (χ0v) is 13.7. The van der Waals surface area contributed by atoms with Crippen molar-refractivity contribution < 1.29 is 27.8 Å². The number of hydrogen-bond donors (Lipinski definition) is 1. The Labute approximate surface area is 138 Å². The van der Waals surface area contributed by atoms with Gasteiger partial charge in [-0.15, -0.1) is 6.58 Å². The van der Waals surface area contributed by atoms with Crippen LogP contribution in [0.15, 0.2) is 36.6 Å². The Kier molecular flexibility index (Phi) is 7.37. The molecule has 0 saturated heterocycles. The first-order chi connectivity index (χ1) is 11.2. The number of methoxy groups -OCH3 is 1. The van der Waals surface area contributed by atoms with E-state index in [0.29, 0.717) is 5.57 Å². The average molecular weight is 346 g/mol. The van der Waals surface area contributed by atoms with Crippen molar-refractivity contribution >= 4 is 0 Å². The van der Waals surface area contributed by atoms with Gasteiger partial charge in [0.1, 0.15) is 12.7 Å². The summed E-state index contributed by atoms with van der Waals surface area (Å²) in [4.78, 5) is 6.97. The highest BCUT2D eigenvalue weighted by atomic mass is 19.4. The topological polar surface area (TPSA) is 64.5 Å². The summed E-state index contributed by atoms with van der Waals surface area (Å²) in [6.45, 7) is 7.09. The maximum Gasteiger partial charge on any atom is 0.433 e. The molecule has 0 saturated carbocycles. The quantitative estimate of drug-likeness (QED) is 0.733. The van der Waals surface area contributed by atoms with Gasteiger partial charge in [0.2, 0.25) is 0 Å². The van der Waals surface area contributed by atoms with Crippen LogP contribution < -0.4 is 4.74 Å². The molecule has 0 amide bonds. The molecule has 0 aromatic carbocycles. The van der Waals surface area contributed by atoms with Crippen molar-refractivity contribution in [1.29, 1.82) is 0 Å². The van der Waals surface area contributed by atoms with Crippen LogP contribution in [0.1, 0.15) is 19.5 Å². The van der Waals surface area contributed by atoms with Crippen molar-refractivity contribution in [3.8, 4) is 6.01 Å². The van der Waals surface area contributed by atoms with Gasteiger partial charge in [0.15, 0.2) is 5.69 Å². The Morgan fingerprint density at radius 2 is 2.12 bits per heavy atom. The van der Waals surface area contributed by atoms with Gasteiger partial charge < -0.3 is 14.6 Å².